The second-order valence-electron chi connectivity index (χ2n) is 5.65. The third-order valence-corrected chi connectivity index (χ3v) is 4.35. The van der Waals surface area contributed by atoms with E-state index in [1.807, 2.05) is 49.3 Å². The van der Waals surface area contributed by atoms with E-state index in [1.165, 1.54) is 0 Å². The molecule has 0 saturated carbocycles. The van der Waals surface area contributed by atoms with Gasteiger partial charge in [0, 0.05) is 32.6 Å². The zero-order valence-electron chi connectivity index (χ0n) is 15.6. The number of para-hydroxylation sites is 1. The largest absolute Gasteiger partial charge is 0.494 e. The van der Waals surface area contributed by atoms with Gasteiger partial charge < -0.3 is 20.3 Å². The number of aromatic nitrogens is 1. The Morgan fingerprint density at radius 1 is 1.23 bits per heavy atom. The lowest BCUT2D eigenvalue weighted by Gasteiger charge is -2.11. The van der Waals surface area contributed by atoms with Gasteiger partial charge >= 0.3 is 0 Å². The number of hydrogen-bond donors (Lipinski definition) is 2. The standard InChI is InChI=1S/C18H27N5OS.HI/c1-4-19-17(21-13-15-14-25-18(22-15)23(2)3)20-11-8-12-24-16-9-6-5-7-10-16;/h5-7,9-10,14H,4,8,11-13H2,1-3H3,(H2,19,20,21);1H. The van der Waals surface area contributed by atoms with Crippen LogP contribution in [0, 0.1) is 0 Å². The van der Waals surface area contributed by atoms with Crippen LogP contribution in [0.3, 0.4) is 0 Å². The van der Waals surface area contributed by atoms with E-state index in [-0.39, 0.29) is 24.0 Å². The minimum atomic E-state index is 0. The Hall–Kier alpha value is -1.55. The van der Waals surface area contributed by atoms with Crippen LogP contribution in [0.25, 0.3) is 0 Å². The van der Waals surface area contributed by atoms with Gasteiger partial charge in [0.05, 0.1) is 18.8 Å². The van der Waals surface area contributed by atoms with Crippen LogP contribution in [-0.4, -0.2) is 44.7 Å². The van der Waals surface area contributed by atoms with Gasteiger partial charge in [-0.05, 0) is 25.5 Å². The topological polar surface area (TPSA) is 61.8 Å². The molecule has 2 rings (SSSR count). The lowest BCUT2D eigenvalue weighted by atomic mass is 10.3. The summed E-state index contributed by atoms with van der Waals surface area (Å²) in [7, 11) is 3.99. The van der Waals surface area contributed by atoms with Crippen molar-refractivity contribution in [1.82, 2.24) is 15.6 Å². The van der Waals surface area contributed by atoms with E-state index in [1.54, 1.807) is 11.3 Å². The molecular formula is C18H28IN5OS. The molecule has 2 N–H and O–H groups in total. The summed E-state index contributed by atoms with van der Waals surface area (Å²) < 4.78 is 5.69. The molecule has 0 fully saturated rings. The third kappa shape index (κ3) is 8.22. The fraction of sp³-hybridized carbons (Fsp3) is 0.444. The number of nitrogens with one attached hydrogen (secondary N) is 2. The van der Waals surface area contributed by atoms with Crippen LogP contribution < -0.4 is 20.3 Å². The van der Waals surface area contributed by atoms with Gasteiger partial charge in [0.15, 0.2) is 11.1 Å². The van der Waals surface area contributed by atoms with Crippen LogP contribution >= 0.6 is 35.3 Å². The summed E-state index contributed by atoms with van der Waals surface area (Å²) in [4.78, 5) is 11.1. The highest BCUT2D eigenvalue weighted by Gasteiger charge is 2.04. The maximum absolute atomic E-state index is 5.69. The van der Waals surface area contributed by atoms with Crippen molar-refractivity contribution in [1.29, 1.82) is 0 Å². The third-order valence-electron chi connectivity index (χ3n) is 3.29. The highest BCUT2D eigenvalue weighted by atomic mass is 127. The molecule has 144 valence electrons. The minimum absolute atomic E-state index is 0. The van der Waals surface area contributed by atoms with Crippen molar-refractivity contribution >= 4 is 46.4 Å². The molecule has 0 spiro atoms. The van der Waals surface area contributed by atoms with Crippen molar-refractivity contribution in [2.75, 3.05) is 38.7 Å². The molecule has 0 aliphatic rings. The van der Waals surface area contributed by atoms with E-state index in [9.17, 15) is 0 Å². The Kier molecular flexibility index (Phi) is 11.0. The number of benzene rings is 1. The molecule has 1 heterocycles. The normalized spacial score (nSPS) is 10.8. The van der Waals surface area contributed by atoms with Gasteiger partial charge in [-0.2, -0.15) is 0 Å². The van der Waals surface area contributed by atoms with E-state index < -0.39 is 0 Å². The summed E-state index contributed by atoms with van der Waals surface area (Å²) in [6, 6.07) is 9.87. The monoisotopic (exact) mass is 489 g/mol. The van der Waals surface area contributed by atoms with Crippen LogP contribution in [0.15, 0.2) is 40.7 Å². The van der Waals surface area contributed by atoms with Gasteiger partial charge in [-0.25, -0.2) is 9.98 Å². The summed E-state index contributed by atoms with van der Waals surface area (Å²) >= 11 is 1.63. The first-order chi connectivity index (χ1) is 12.2. The number of halogens is 1. The van der Waals surface area contributed by atoms with Crippen LogP contribution in [0.5, 0.6) is 5.75 Å². The molecule has 26 heavy (non-hydrogen) atoms. The van der Waals surface area contributed by atoms with Gasteiger partial charge in [-0.15, -0.1) is 35.3 Å². The fourth-order valence-corrected chi connectivity index (χ4v) is 2.81. The molecule has 0 unspecified atom stereocenters. The van der Waals surface area contributed by atoms with Gasteiger partial charge in [-0.3, -0.25) is 0 Å². The van der Waals surface area contributed by atoms with Gasteiger partial charge in [0.25, 0.3) is 0 Å². The number of guanidine groups is 1. The molecule has 0 saturated heterocycles. The van der Waals surface area contributed by atoms with Crippen molar-refractivity contribution in [2.24, 2.45) is 4.99 Å². The van der Waals surface area contributed by atoms with Crippen molar-refractivity contribution in [3.8, 4) is 5.75 Å². The maximum atomic E-state index is 5.69. The van der Waals surface area contributed by atoms with Crippen molar-refractivity contribution in [2.45, 2.75) is 19.9 Å². The molecular weight excluding hydrogens is 461 g/mol. The van der Waals surface area contributed by atoms with Gasteiger partial charge in [0.1, 0.15) is 5.75 Å². The summed E-state index contributed by atoms with van der Waals surface area (Å²) in [5.74, 6) is 1.71. The second kappa shape index (κ2) is 12.7. The second-order valence-corrected chi connectivity index (χ2v) is 6.49. The number of rotatable bonds is 9. The number of nitrogens with zero attached hydrogens (tertiary/aromatic N) is 3. The first-order valence-electron chi connectivity index (χ1n) is 8.50. The van der Waals surface area contributed by atoms with Crippen LogP contribution in [0.2, 0.25) is 0 Å². The lowest BCUT2D eigenvalue weighted by Crippen LogP contribution is -2.38. The molecule has 0 radical (unpaired) electrons. The zero-order valence-corrected chi connectivity index (χ0v) is 18.7. The van der Waals surface area contributed by atoms with Crippen molar-refractivity contribution < 1.29 is 4.74 Å². The first kappa shape index (κ1) is 22.5. The Labute approximate surface area is 177 Å². The van der Waals surface area contributed by atoms with E-state index in [4.69, 9.17) is 4.74 Å². The van der Waals surface area contributed by atoms with Crippen LogP contribution in [-0.2, 0) is 6.54 Å². The molecule has 0 aliphatic heterocycles. The van der Waals surface area contributed by atoms with Crippen LogP contribution in [0.1, 0.15) is 19.0 Å². The zero-order chi connectivity index (χ0) is 17.9. The van der Waals surface area contributed by atoms with E-state index in [0.717, 1.165) is 42.0 Å². The first-order valence-corrected chi connectivity index (χ1v) is 9.38. The summed E-state index contributed by atoms with van der Waals surface area (Å²) in [5.41, 5.74) is 0.985. The molecule has 2 aromatic rings. The Balaban J connectivity index is 0.00000338. The number of ether oxygens (including phenoxy) is 1. The highest BCUT2D eigenvalue weighted by molar-refractivity contribution is 14.0. The molecule has 0 bridgehead atoms. The number of hydrogen-bond acceptors (Lipinski definition) is 5. The Bertz CT molecular complexity index is 648. The van der Waals surface area contributed by atoms with E-state index >= 15 is 0 Å². The highest BCUT2D eigenvalue weighted by Crippen LogP contribution is 2.18. The van der Waals surface area contributed by atoms with Gasteiger partial charge in [-0.1, -0.05) is 18.2 Å². The molecule has 0 aliphatic carbocycles. The molecule has 1 aromatic heterocycles. The number of thiazole rings is 1. The van der Waals surface area contributed by atoms with Gasteiger partial charge in [0.2, 0.25) is 0 Å². The quantitative estimate of drug-likeness (QED) is 0.245. The average Bonchev–Trinajstić information content (AvgIpc) is 3.09. The fourth-order valence-electron chi connectivity index (χ4n) is 2.06. The summed E-state index contributed by atoms with van der Waals surface area (Å²) in [6.07, 6.45) is 0.904. The molecule has 0 amide bonds. The average molecular weight is 489 g/mol. The minimum Gasteiger partial charge on any atom is -0.494 e. The summed E-state index contributed by atoms with van der Waals surface area (Å²) in [6.45, 7) is 4.93. The Morgan fingerprint density at radius 2 is 2.00 bits per heavy atom. The predicted octanol–water partition coefficient (Wildman–Crippen LogP) is 3.35. The Morgan fingerprint density at radius 3 is 2.65 bits per heavy atom. The van der Waals surface area contributed by atoms with E-state index in [2.05, 4.69) is 32.9 Å². The van der Waals surface area contributed by atoms with Crippen LogP contribution in [0.4, 0.5) is 5.13 Å². The van der Waals surface area contributed by atoms with E-state index in [0.29, 0.717) is 13.2 Å². The SMILES string of the molecule is CCNC(=NCc1csc(N(C)C)n1)NCCCOc1ccccc1.I. The molecule has 8 heteroatoms. The van der Waals surface area contributed by atoms with Crippen molar-refractivity contribution in [3.05, 3.63) is 41.4 Å². The maximum Gasteiger partial charge on any atom is 0.191 e. The predicted molar refractivity (Wildman–Crippen MR) is 121 cm³/mol. The lowest BCUT2D eigenvalue weighted by molar-refractivity contribution is 0.311. The summed E-state index contributed by atoms with van der Waals surface area (Å²) in [5, 5.41) is 9.64. The molecule has 6 nitrogen and oxygen atoms in total. The molecule has 0 atom stereocenters. The molecule has 1 aromatic carbocycles. The number of anilines is 1. The number of aliphatic imine (C=N–C) groups is 1. The smallest absolute Gasteiger partial charge is 0.191 e. The van der Waals surface area contributed by atoms with Crippen molar-refractivity contribution in [3.63, 3.8) is 0 Å².